The molecule has 0 aliphatic carbocycles. The molecular weight excluding hydrogens is 294 g/mol. The molecule has 1 aliphatic rings. The lowest BCUT2D eigenvalue weighted by atomic mass is 10.3. The van der Waals surface area contributed by atoms with Crippen LogP contribution in [0.4, 0.5) is 0 Å². The normalized spacial score (nSPS) is 12.5. The third-order valence-corrected chi connectivity index (χ3v) is 3.49. The van der Waals surface area contributed by atoms with Crippen LogP contribution in [-0.4, -0.2) is 21.6 Å². The predicted molar refractivity (Wildman–Crippen MR) is 82.4 cm³/mol. The smallest absolute Gasteiger partial charge is 0.231 e. The summed E-state index contributed by atoms with van der Waals surface area (Å²) >= 11 is 0. The van der Waals surface area contributed by atoms with Crippen LogP contribution in [0.5, 0.6) is 11.5 Å². The highest BCUT2D eigenvalue weighted by atomic mass is 16.7. The van der Waals surface area contributed by atoms with Crippen LogP contribution in [0.25, 0.3) is 5.69 Å². The Kier molecular flexibility index (Phi) is 3.65. The molecule has 0 saturated heterocycles. The van der Waals surface area contributed by atoms with Crippen LogP contribution in [0, 0.1) is 0 Å². The Morgan fingerprint density at radius 3 is 2.83 bits per heavy atom. The first kappa shape index (κ1) is 13.8. The molecule has 0 N–H and O–H groups in total. The molecular formula is C17H15N3O3. The van der Waals surface area contributed by atoms with E-state index in [1.807, 2.05) is 48.7 Å². The Labute approximate surface area is 133 Å². The second-order valence-corrected chi connectivity index (χ2v) is 5.10. The molecule has 6 nitrogen and oxygen atoms in total. The Bertz CT molecular complexity index is 802. The minimum absolute atomic E-state index is 0.268. The standard InChI is InChI=1S/C17H15N3O3/c1-2-7-18-13(3-1)10-21-11-14-6-8-20(19-14)15-4-5-16-17(9-15)23-12-22-16/h1-9H,10-12H2. The van der Waals surface area contributed by atoms with Gasteiger partial charge >= 0.3 is 0 Å². The zero-order chi connectivity index (χ0) is 15.5. The molecule has 0 amide bonds. The zero-order valence-electron chi connectivity index (χ0n) is 12.4. The SMILES string of the molecule is c1ccc(COCc2ccn(-c3ccc4c(c3)OCO4)n2)nc1. The Hall–Kier alpha value is -2.86. The summed E-state index contributed by atoms with van der Waals surface area (Å²) in [5.41, 5.74) is 2.69. The van der Waals surface area contributed by atoms with Crippen molar-refractivity contribution in [1.82, 2.24) is 14.8 Å². The third kappa shape index (κ3) is 3.02. The van der Waals surface area contributed by atoms with Crippen molar-refractivity contribution < 1.29 is 14.2 Å². The first-order valence-electron chi connectivity index (χ1n) is 7.31. The number of fused-ring (bicyclic) bond motifs is 1. The summed E-state index contributed by atoms with van der Waals surface area (Å²) in [4.78, 5) is 4.22. The Balaban J connectivity index is 1.41. The maximum atomic E-state index is 5.65. The summed E-state index contributed by atoms with van der Waals surface area (Å²) in [7, 11) is 0. The fraction of sp³-hybridized carbons (Fsp3) is 0.176. The van der Waals surface area contributed by atoms with E-state index in [9.17, 15) is 0 Å². The maximum absolute atomic E-state index is 5.65. The van der Waals surface area contributed by atoms with Crippen molar-refractivity contribution in [2.45, 2.75) is 13.2 Å². The van der Waals surface area contributed by atoms with Crippen LogP contribution in [0.3, 0.4) is 0 Å². The average Bonchev–Trinajstić information content (AvgIpc) is 3.24. The zero-order valence-corrected chi connectivity index (χ0v) is 12.4. The molecule has 0 atom stereocenters. The summed E-state index contributed by atoms with van der Waals surface area (Å²) in [6.45, 7) is 1.18. The second kappa shape index (κ2) is 6.10. The van der Waals surface area contributed by atoms with Crippen molar-refractivity contribution >= 4 is 0 Å². The van der Waals surface area contributed by atoms with E-state index in [1.165, 1.54) is 0 Å². The number of ether oxygens (including phenoxy) is 3. The third-order valence-electron chi connectivity index (χ3n) is 3.49. The molecule has 3 heterocycles. The number of aromatic nitrogens is 3. The maximum Gasteiger partial charge on any atom is 0.231 e. The van der Waals surface area contributed by atoms with Gasteiger partial charge in [0.1, 0.15) is 0 Å². The molecule has 1 aromatic carbocycles. The number of hydrogen-bond donors (Lipinski definition) is 0. The fourth-order valence-corrected chi connectivity index (χ4v) is 2.35. The van der Waals surface area contributed by atoms with Gasteiger partial charge in [0.2, 0.25) is 6.79 Å². The van der Waals surface area contributed by atoms with Crippen LogP contribution in [0.15, 0.2) is 54.9 Å². The predicted octanol–water partition coefficient (Wildman–Crippen LogP) is 2.71. The minimum Gasteiger partial charge on any atom is -0.454 e. The number of pyridine rings is 1. The summed E-state index contributed by atoms with van der Waals surface area (Å²) in [5.74, 6) is 1.51. The van der Waals surface area contributed by atoms with Gasteiger partial charge in [-0.3, -0.25) is 4.98 Å². The van der Waals surface area contributed by atoms with E-state index in [0.717, 1.165) is 28.6 Å². The van der Waals surface area contributed by atoms with E-state index in [4.69, 9.17) is 14.2 Å². The van der Waals surface area contributed by atoms with E-state index in [0.29, 0.717) is 13.2 Å². The van der Waals surface area contributed by atoms with Gasteiger partial charge in [-0.2, -0.15) is 5.10 Å². The first-order chi connectivity index (χ1) is 11.4. The summed E-state index contributed by atoms with van der Waals surface area (Å²) < 4.78 is 18.1. The molecule has 0 radical (unpaired) electrons. The van der Waals surface area contributed by atoms with E-state index in [1.54, 1.807) is 10.9 Å². The van der Waals surface area contributed by atoms with Gasteiger partial charge in [-0.1, -0.05) is 6.07 Å². The Morgan fingerprint density at radius 1 is 1.00 bits per heavy atom. The minimum atomic E-state index is 0.268. The van der Waals surface area contributed by atoms with Gasteiger partial charge in [0.05, 0.1) is 30.3 Å². The highest BCUT2D eigenvalue weighted by molar-refractivity contribution is 5.49. The van der Waals surface area contributed by atoms with Crippen LogP contribution in [0.1, 0.15) is 11.4 Å². The van der Waals surface area contributed by atoms with Gasteiger partial charge in [0, 0.05) is 18.5 Å². The van der Waals surface area contributed by atoms with Crippen molar-refractivity contribution in [3.63, 3.8) is 0 Å². The van der Waals surface area contributed by atoms with Crippen LogP contribution < -0.4 is 9.47 Å². The monoisotopic (exact) mass is 309 g/mol. The van der Waals surface area contributed by atoms with Crippen molar-refractivity contribution in [1.29, 1.82) is 0 Å². The van der Waals surface area contributed by atoms with Crippen LogP contribution in [-0.2, 0) is 18.0 Å². The lowest BCUT2D eigenvalue weighted by molar-refractivity contribution is 0.102. The number of rotatable bonds is 5. The molecule has 0 unspecified atom stereocenters. The lowest BCUT2D eigenvalue weighted by Gasteiger charge is -2.03. The van der Waals surface area contributed by atoms with Crippen LogP contribution in [0.2, 0.25) is 0 Å². The van der Waals surface area contributed by atoms with Gasteiger partial charge in [-0.25, -0.2) is 4.68 Å². The number of nitrogens with zero attached hydrogens (tertiary/aromatic N) is 3. The molecule has 4 rings (SSSR count). The van der Waals surface area contributed by atoms with E-state index in [2.05, 4.69) is 10.1 Å². The largest absolute Gasteiger partial charge is 0.454 e. The Morgan fingerprint density at radius 2 is 1.91 bits per heavy atom. The highest BCUT2D eigenvalue weighted by Crippen LogP contribution is 2.33. The molecule has 6 heteroatoms. The van der Waals surface area contributed by atoms with Crippen molar-refractivity contribution in [2.75, 3.05) is 6.79 Å². The summed E-state index contributed by atoms with van der Waals surface area (Å²) in [6.07, 6.45) is 3.66. The second-order valence-electron chi connectivity index (χ2n) is 5.10. The van der Waals surface area contributed by atoms with E-state index < -0.39 is 0 Å². The molecule has 2 aromatic heterocycles. The first-order valence-corrected chi connectivity index (χ1v) is 7.31. The lowest BCUT2D eigenvalue weighted by Crippen LogP contribution is -1.99. The van der Waals surface area contributed by atoms with Gasteiger partial charge in [-0.05, 0) is 30.3 Å². The molecule has 0 spiro atoms. The molecule has 0 saturated carbocycles. The van der Waals surface area contributed by atoms with Gasteiger partial charge in [-0.15, -0.1) is 0 Å². The fourth-order valence-electron chi connectivity index (χ4n) is 2.35. The van der Waals surface area contributed by atoms with Gasteiger partial charge in [0.15, 0.2) is 11.5 Å². The molecule has 0 bridgehead atoms. The summed E-state index contributed by atoms with van der Waals surface area (Å²) in [5, 5.41) is 4.51. The summed E-state index contributed by atoms with van der Waals surface area (Å²) in [6, 6.07) is 13.4. The molecule has 3 aromatic rings. The number of hydrogen-bond acceptors (Lipinski definition) is 5. The quantitative estimate of drug-likeness (QED) is 0.725. The van der Waals surface area contributed by atoms with E-state index in [-0.39, 0.29) is 6.79 Å². The highest BCUT2D eigenvalue weighted by Gasteiger charge is 2.14. The average molecular weight is 309 g/mol. The molecule has 0 fully saturated rings. The molecule has 116 valence electrons. The van der Waals surface area contributed by atoms with E-state index >= 15 is 0 Å². The molecule has 1 aliphatic heterocycles. The van der Waals surface area contributed by atoms with Crippen LogP contribution >= 0.6 is 0 Å². The van der Waals surface area contributed by atoms with Gasteiger partial charge in [0.25, 0.3) is 0 Å². The van der Waals surface area contributed by atoms with Crippen molar-refractivity contribution in [3.8, 4) is 17.2 Å². The topological polar surface area (TPSA) is 58.4 Å². The van der Waals surface area contributed by atoms with Crippen molar-refractivity contribution in [3.05, 3.63) is 66.2 Å². The number of benzene rings is 1. The van der Waals surface area contributed by atoms with Gasteiger partial charge < -0.3 is 14.2 Å². The van der Waals surface area contributed by atoms with Crippen molar-refractivity contribution in [2.24, 2.45) is 0 Å². The molecule has 23 heavy (non-hydrogen) atoms.